The molecule has 2 heterocycles. The van der Waals surface area contributed by atoms with Gasteiger partial charge in [0.25, 0.3) is 5.56 Å². The van der Waals surface area contributed by atoms with Crippen LogP contribution in [0.2, 0.25) is 5.02 Å². The van der Waals surface area contributed by atoms with Crippen LogP contribution in [0.3, 0.4) is 0 Å². The number of nitrogen functional groups attached to an aromatic ring is 1. The molecule has 0 unspecified atom stereocenters. The van der Waals surface area contributed by atoms with E-state index in [9.17, 15) is 13.6 Å². The molecule has 1 aliphatic rings. The lowest BCUT2D eigenvalue weighted by Crippen LogP contribution is -2.36. The molecule has 0 amide bonds. The minimum Gasteiger partial charge on any atom is -0.369 e. The van der Waals surface area contributed by atoms with Crippen LogP contribution in [0.5, 0.6) is 0 Å². The molecule has 0 saturated carbocycles. The second-order valence-electron chi connectivity index (χ2n) is 5.16. The summed E-state index contributed by atoms with van der Waals surface area (Å²) in [6.07, 6.45) is 0.493. The Labute approximate surface area is 129 Å². The Morgan fingerprint density at radius 1 is 1.41 bits per heavy atom. The van der Waals surface area contributed by atoms with E-state index in [4.69, 9.17) is 17.3 Å². The van der Waals surface area contributed by atoms with E-state index in [1.807, 2.05) is 0 Å². The third kappa shape index (κ3) is 2.69. The van der Waals surface area contributed by atoms with Gasteiger partial charge in [-0.1, -0.05) is 11.6 Å². The first-order chi connectivity index (χ1) is 10.5. The van der Waals surface area contributed by atoms with Crippen LogP contribution in [0.1, 0.15) is 16.8 Å². The topological polar surface area (TPSA) is 75.0 Å². The first-order valence-corrected chi connectivity index (χ1v) is 7.05. The van der Waals surface area contributed by atoms with Gasteiger partial charge in [-0.2, -0.15) is 0 Å². The van der Waals surface area contributed by atoms with Gasteiger partial charge in [-0.15, -0.1) is 0 Å². The van der Waals surface area contributed by atoms with Crippen LogP contribution < -0.4 is 11.3 Å². The number of benzene rings is 1. The molecule has 0 atom stereocenters. The van der Waals surface area contributed by atoms with E-state index in [1.165, 1.54) is 6.07 Å². The van der Waals surface area contributed by atoms with Crippen molar-refractivity contribution < 1.29 is 8.78 Å². The zero-order valence-electron chi connectivity index (χ0n) is 11.5. The molecule has 0 radical (unpaired) electrons. The molecule has 116 valence electrons. The lowest BCUT2D eigenvalue weighted by molar-refractivity contribution is 0.235. The summed E-state index contributed by atoms with van der Waals surface area (Å²) in [4.78, 5) is 20.2. The SMILES string of the molecule is Nc1nc2c(c(=O)[nH]1)CN(Cc1c(F)ccc(Cl)c1F)CC2. The molecule has 0 aliphatic carbocycles. The molecule has 22 heavy (non-hydrogen) atoms. The second kappa shape index (κ2) is 5.66. The van der Waals surface area contributed by atoms with Crippen molar-refractivity contribution in [3.8, 4) is 0 Å². The Morgan fingerprint density at radius 3 is 2.95 bits per heavy atom. The minimum atomic E-state index is -0.767. The summed E-state index contributed by atoms with van der Waals surface area (Å²) in [7, 11) is 0. The molecule has 1 aromatic heterocycles. The Hall–Kier alpha value is -1.99. The highest BCUT2D eigenvalue weighted by Crippen LogP contribution is 2.24. The Morgan fingerprint density at radius 2 is 2.18 bits per heavy atom. The number of nitrogens with two attached hydrogens (primary N) is 1. The fraction of sp³-hybridized carbons (Fsp3) is 0.286. The van der Waals surface area contributed by atoms with Crippen molar-refractivity contribution in [3.63, 3.8) is 0 Å². The molecule has 3 rings (SSSR count). The second-order valence-corrected chi connectivity index (χ2v) is 5.57. The molecule has 8 heteroatoms. The summed E-state index contributed by atoms with van der Waals surface area (Å²) in [6, 6.07) is 2.31. The van der Waals surface area contributed by atoms with Gasteiger partial charge in [0.05, 0.1) is 16.3 Å². The van der Waals surface area contributed by atoms with Crippen molar-refractivity contribution in [3.05, 3.63) is 56.0 Å². The van der Waals surface area contributed by atoms with E-state index >= 15 is 0 Å². The summed E-state index contributed by atoms with van der Waals surface area (Å²) in [5.41, 5.74) is 6.19. The molecule has 0 bridgehead atoms. The largest absolute Gasteiger partial charge is 0.369 e. The summed E-state index contributed by atoms with van der Waals surface area (Å²) < 4.78 is 27.7. The number of H-pyrrole nitrogens is 1. The van der Waals surface area contributed by atoms with Gasteiger partial charge in [-0.3, -0.25) is 14.7 Å². The van der Waals surface area contributed by atoms with E-state index < -0.39 is 11.6 Å². The third-order valence-electron chi connectivity index (χ3n) is 3.69. The minimum absolute atomic E-state index is 0.0292. The molecule has 0 saturated heterocycles. The van der Waals surface area contributed by atoms with E-state index in [1.54, 1.807) is 4.90 Å². The summed E-state index contributed by atoms with van der Waals surface area (Å²) >= 11 is 5.69. The van der Waals surface area contributed by atoms with Gasteiger partial charge in [0.15, 0.2) is 0 Å². The van der Waals surface area contributed by atoms with Crippen molar-refractivity contribution in [1.29, 1.82) is 0 Å². The first kappa shape index (κ1) is 14.9. The highest BCUT2D eigenvalue weighted by Gasteiger charge is 2.23. The maximum atomic E-state index is 14.0. The number of hydrogen-bond donors (Lipinski definition) is 2. The van der Waals surface area contributed by atoms with Crippen LogP contribution in [0.25, 0.3) is 0 Å². The number of nitrogens with zero attached hydrogens (tertiary/aromatic N) is 2. The third-order valence-corrected chi connectivity index (χ3v) is 3.98. The van der Waals surface area contributed by atoms with Crippen LogP contribution in [0.4, 0.5) is 14.7 Å². The number of hydrogen-bond acceptors (Lipinski definition) is 4. The number of nitrogens with one attached hydrogen (secondary N) is 1. The van der Waals surface area contributed by atoms with Crippen LogP contribution in [0, 0.1) is 11.6 Å². The predicted octanol–water partition coefficient (Wildman–Crippen LogP) is 1.84. The standard InChI is InChI=1S/C14H13ClF2N4O/c15-9-1-2-10(16)7(12(9)17)5-21-4-3-11-8(6-21)13(22)20-14(18)19-11/h1-2H,3-6H2,(H3,18,19,20,22). The van der Waals surface area contributed by atoms with Crippen molar-refractivity contribution in [2.24, 2.45) is 0 Å². The molecule has 2 aromatic rings. The number of rotatable bonds is 2. The van der Waals surface area contributed by atoms with E-state index in [-0.39, 0.29) is 35.2 Å². The Bertz CT molecular complexity index is 793. The zero-order chi connectivity index (χ0) is 15.9. The fourth-order valence-electron chi connectivity index (χ4n) is 2.57. The molecular formula is C14H13ClF2N4O. The monoisotopic (exact) mass is 326 g/mol. The highest BCUT2D eigenvalue weighted by molar-refractivity contribution is 6.30. The van der Waals surface area contributed by atoms with Crippen molar-refractivity contribution in [2.75, 3.05) is 12.3 Å². The first-order valence-electron chi connectivity index (χ1n) is 6.68. The number of halogens is 3. The number of anilines is 1. The number of fused-ring (bicyclic) bond motifs is 1. The van der Waals surface area contributed by atoms with Crippen LogP contribution in [-0.2, 0) is 19.5 Å². The molecule has 5 nitrogen and oxygen atoms in total. The van der Waals surface area contributed by atoms with Crippen LogP contribution in [0.15, 0.2) is 16.9 Å². The lowest BCUT2D eigenvalue weighted by atomic mass is 10.1. The van der Waals surface area contributed by atoms with E-state index in [2.05, 4.69) is 9.97 Å². The van der Waals surface area contributed by atoms with Gasteiger partial charge < -0.3 is 5.73 Å². The normalized spacial score (nSPS) is 14.9. The predicted molar refractivity (Wildman–Crippen MR) is 78.5 cm³/mol. The van der Waals surface area contributed by atoms with E-state index in [0.29, 0.717) is 24.2 Å². The highest BCUT2D eigenvalue weighted by atomic mass is 35.5. The fourth-order valence-corrected chi connectivity index (χ4v) is 2.75. The van der Waals surface area contributed by atoms with E-state index in [0.717, 1.165) is 6.07 Å². The van der Waals surface area contributed by atoms with Crippen molar-refractivity contribution in [1.82, 2.24) is 14.9 Å². The van der Waals surface area contributed by atoms with Crippen LogP contribution in [-0.4, -0.2) is 21.4 Å². The summed E-state index contributed by atoms with van der Waals surface area (Å²) in [5.74, 6) is -1.35. The number of aromatic amines is 1. The van der Waals surface area contributed by atoms with Crippen molar-refractivity contribution in [2.45, 2.75) is 19.5 Å². The summed E-state index contributed by atoms with van der Waals surface area (Å²) in [6.45, 7) is 0.805. The lowest BCUT2D eigenvalue weighted by Gasteiger charge is -2.27. The van der Waals surface area contributed by atoms with Gasteiger partial charge in [-0.05, 0) is 12.1 Å². The average molecular weight is 327 g/mol. The maximum absolute atomic E-state index is 14.0. The Balaban J connectivity index is 1.88. The van der Waals surface area contributed by atoms with Crippen LogP contribution >= 0.6 is 11.6 Å². The number of aromatic nitrogens is 2. The molecule has 0 spiro atoms. The Kier molecular flexibility index (Phi) is 3.84. The molecule has 0 fully saturated rings. The zero-order valence-corrected chi connectivity index (χ0v) is 12.3. The average Bonchev–Trinajstić information content (AvgIpc) is 2.48. The molecular weight excluding hydrogens is 314 g/mol. The quantitative estimate of drug-likeness (QED) is 0.826. The van der Waals surface area contributed by atoms with Gasteiger partial charge in [0.2, 0.25) is 5.95 Å². The molecule has 1 aliphatic heterocycles. The van der Waals surface area contributed by atoms with Gasteiger partial charge >= 0.3 is 0 Å². The summed E-state index contributed by atoms with van der Waals surface area (Å²) in [5, 5.41) is -0.124. The van der Waals surface area contributed by atoms with Gasteiger partial charge in [0, 0.05) is 31.6 Å². The molecule has 3 N–H and O–H groups in total. The maximum Gasteiger partial charge on any atom is 0.257 e. The molecule has 1 aromatic carbocycles. The van der Waals surface area contributed by atoms with Crippen molar-refractivity contribution >= 4 is 17.5 Å². The van der Waals surface area contributed by atoms with Gasteiger partial charge in [0.1, 0.15) is 11.6 Å². The smallest absolute Gasteiger partial charge is 0.257 e. The van der Waals surface area contributed by atoms with Gasteiger partial charge in [-0.25, -0.2) is 13.8 Å².